The summed E-state index contributed by atoms with van der Waals surface area (Å²) in [6, 6.07) is 5.57. The lowest BCUT2D eigenvalue weighted by Gasteiger charge is -2.16. The summed E-state index contributed by atoms with van der Waals surface area (Å²) in [5.74, 6) is 0.553. The number of anilines is 1. The third-order valence-electron chi connectivity index (χ3n) is 6.42. The summed E-state index contributed by atoms with van der Waals surface area (Å²) in [6.07, 6.45) is 19.1. The van der Waals surface area contributed by atoms with E-state index in [0.717, 1.165) is 33.9 Å². The number of aromatic amines is 1. The minimum absolute atomic E-state index is 0.252. The minimum Gasteiger partial charge on any atom is -0.388 e. The Morgan fingerprint density at radius 2 is 1.98 bits per heavy atom. The molecule has 0 aliphatic rings. The van der Waals surface area contributed by atoms with E-state index in [-0.39, 0.29) is 18.2 Å². The molecule has 0 amide bonds. The van der Waals surface area contributed by atoms with E-state index >= 15 is 4.39 Å². The highest BCUT2D eigenvalue weighted by atomic mass is 19.1. The van der Waals surface area contributed by atoms with Crippen molar-refractivity contribution in [3.8, 4) is 18.5 Å². The molecule has 0 atom stereocenters. The fraction of sp³-hybridized carbons (Fsp3) is 0.219. The molecule has 0 unspecified atom stereocenters. The van der Waals surface area contributed by atoms with Crippen molar-refractivity contribution in [2.45, 2.75) is 34.1 Å². The monoisotopic (exact) mass is 537 g/mol. The van der Waals surface area contributed by atoms with E-state index < -0.39 is 0 Å². The predicted octanol–water partition coefficient (Wildman–Crippen LogP) is 6.71. The van der Waals surface area contributed by atoms with Crippen molar-refractivity contribution < 1.29 is 4.39 Å². The minimum atomic E-state index is -0.314. The van der Waals surface area contributed by atoms with E-state index in [4.69, 9.17) is 0 Å². The first-order valence-electron chi connectivity index (χ1n) is 12.9. The lowest BCUT2D eigenvalue weighted by molar-refractivity contribution is 0.610. The highest BCUT2D eigenvalue weighted by Crippen LogP contribution is 2.30. The fourth-order valence-corrected chi connectivity index (χ4v) is 4.18. The van der Waals surface area contributed by atoms with Gasteiger partial charge >= 0.3 is 0 Å². The molecule has 3 N–H and O–H groups in total. The largest absolute Gasteiger partial charge is 0.388 e. The van der Waals surface area contributed by atoms with Crippen molar-refractivity contribution >= 4 is 22.4 Å². The number of fused-ring (bicyclic) bond motifs is 1. The Balaban J connectivity index is 0.00000216. The number of hydrogen-bond donors (Lipinski definition) is 3. The fourth-order valence-electron chi connectivity index (χ4n) is 4.18. The number of aromatic nitrogens is 5. The Hall–Kier alpha value is -4.90. The van der Waals surface area contributed by atoms with Crippen molar-refractivity contribution in [2.24, 2.45) is 5.92 Å². The summed E-state index contributed by atoms with van der Waals surface area (Å²) in [5, 5.41) is 6.40. The van der Waals surface area contributed by atoms with E-state index in [1.807, 2.05) is 48.9 Å². The quantitative estimate of drug-likeness (QED) is 0.155. The maximum Gasteiger partial charge on any atom is 0.179 e. The summed E-state index contributed by atoms with van der Waals surface area (Å²) in [7, 11) is 1.78. The SMILES string of the molecule is C#C.C=C/C(=C\C(=C/C)c1ccc(NC)c(Cc2nc3nccc(-n4cnc(C)c4)c3[nH]2)c1F)NC(=C)C(C)C. The van der Waals surface area contributed by atoms with Crippen LogP contribution in [0.2, 0.25) is 0 Å². The summed E-state index contributed by atoms with van der Waals surface area (Å²) < 4.78 is 18.1. The van der Waals surface area contributed by atoms with Gasteiger partial charge in [-0.1, -0.05) is 33.1 Å². The van der Waals surface area contributed by atoms with Gasteiger partial charge < -0.3 is 20.2 Å². The van der Waals surface area contributed by atoms with Gasteiger partial charge in [0.25, 0.3) is 0 Å². The molecule has 0 bridgehead atoms. The number of terminal acetylenes is 1. The molecule has 0 aliphatic heterocycles. The number of benzene rings is 1. The molecule has 4 aromatic rings. The van der Waals surface area contributed by atoms with Gasteiger partial charge in [-0.3, -0.25) is 0 Å². The Labute approximate surface area is 235 Å². The van der Waals surface area contributed by atoms with Gasteiger partial charge in [-0.05, 0) is 55.7 Å². The average Bonchev–Trinajstić information content (AvgIpc) is 3.58. The molecule has 0 spiro atoms. The van der Waals surface area contributed by atoms with Gasteiger partial charge in [0.05, 0.1) is 17.7 Å². The summed E-state index contributed by atoms with van der Waals surface area (Å²) >= 11 is 0. The Morgan fingerprint density at radius 3 is 2.58 bits per heavy atom. The van der Waals surface area contributed by atoms with E-state index in [1.165, 1.54) is 0 Å². The molecular weight excluding hydrogens is 501 g/mol. The zero-order valence-electron chi connectivity index (χ0n) is 23.7. The predicted molar refractivity (Wildman–Crippen MR) is 163 cm³/mol. The lowest BCUT2D eigenvalue weighted by Crippen LogP contribution is -2.14. The number of imidazole rings is 2. The molecule has 0 aliphatic carbocycles. The third-order valence-corrected chi connectivity index (χ3v) is 6.42. The number of halogens is 1. The molecule has 206 valence electrons. The van der Waals surface area contributed by atoms with Crippen molar-refractivity contribution in [1.29, 1.82) is 0 Å². The Morgan fingerprint density at radius 1 is 1.23 bits per heavy atom. The Bertz CT molecular complexity index is 1600. The van der Waals surface area contributed by atoms with Crippen LogP contribution in [-0.2, 0) is 6.42 Å². The van der Waals surface area contributed by atoms with E-state index in [2.05, 4.69) is 70.4 Å². The van der Waals surface area contributed by atoms with Crippen LogP contribution in [0.3, 0.4) is 0 Å². The van der Waals surface area contributed by atoms with Crippen molar-refractivity contribution in [2.75, 3.05) is 12.4 Å². The molecule has 4 rings (SSSR count). The number of allylic oxidation sites excluding steroid dienone is 5. The van der Waals surface area contributed by atoms with Gasteiger partial charge in [-0.2, -0.15) is 0 Å². The highest BCUT2D eigenvalue weighted by molar-refractivity contribution is 5.81. The number of aryl methyl sites for hydroxylation is 1. The smallest absolute Gasteiger partial charge is 0.179 e. The second-order valence-electron chi connectivity index (χ2n) is 9.37. The van der Waals surface area contributed by atoms with Gasteiger partial charge in [0.15, 0.2) is 5.65 Å². The van der Waals surface area contributed by atoms with Gasteiger partial charge in [-0.25, -0.2) is 19.3 Å². The van der Waals surface area contributed by atoms with Crippen molar-refractivity contribution in [1.82, 2.24) is 29.8 Å². The van der Waals surface area contributed by atoms with E-state index in [9.17, 15) is 0 Å². The summed E-state index contributed by atoms with van der Waals surface area (Å²) in [6.45, 7) is 15.9. The third kappa shape index (κ3) is 6.38. The van der Waals surface area contributed by atoms with Crippen molar-refractivity contribution in [3.05, 3.63) is 108 Å². The normalized spacial score (nSPS) is 11.7. The van der Waals surface area contributed by atoms with Crippen LogP contribution in [0.1, 0.15) is 43.4 Å². The van der Waals surface area contributed by atoms with Gasteiger partial charge in [0.1, 0.15) is 17.2 Å². The topological polar surface area (TPSA) is 83.5 Å². The van der Waals surface area contributed by atoms with Crippen molar-refractivity contribution in [3.63, 3.8) is 0 Å². The standard InChI is InChI=1S/C30H34FN7.C2H2/c1-8-21(14-22(9-2)35-20(6)18(3)4)23-10-11-25(32-7)24(28(23)31)15-27-36-29-26(12-13-33-30(29)37-27)38-16-19(5)34-17-38;1-2/h8-14,16-18,32,35H,2,6,15H2,1,3-5,7H3,(H,33,36,37);1-2H/b21-8+,22-14+;. The van der Waals surface area contributed by atoms with Gasteiger partial charge in [0, 0.05) is 54.1 Å². The molecule has 0 fully saturated rings. The maximum absolute atomic E-state index is 16.1. The number of hydrogen-bond acceptors (Lipinski definition) is 5. The molecule has 1 aromatic carbocycles. The highest BCUT2D eigenvalue weighted by Gasteiger charge is 2.18. The summed E-state index contributed by atoms with van der Waals surface area (Å²) in [5.41, 5.74) is 7.16. The first-order valence-corrected chi connectivity index (χ1v) is 12.9. The molecule has 0 saturated carbocycles. The Kier molecular flexibility index (Phi) is 9.82. The number of pyridine rings is 1. The first kappa shape index (κ1) is 29.7. The molecule has 8 heteroatoms. The molecule has 40 heavy (non-hydrogen) atoms. The van der Waals surface area contributed by atoms with E-state index in [0.29, 0.717) is 28.3 Å². The summed E-state index contributed by atoms with van der Waals surface area (Å²) in [4.78, 5) is 16.8. The van der Waals surface area contributed by atoms with E-state index in [1.54, 1.807) is 31.7 Å². The van der Waals surface area contributed by atoms with Crippen LogP contribution in [0.4, 0.5) is 10.1 Å². The van der Waals surface area contributed by atoms with Crippen LogP contribution >= 0.6 is 0 Å². The number of nitrogens with zero attached hydrogens (tertiary/aromatic N) is 4. The zero-order chi connectivity index (χ0) is 29.4. The van der Waals surface area contributed by atoms with Crippen LogP contribution in [0.15, 0.2) is 79.7 Å². The molecule has 3 heterocycles. The van der Waals surface area contributed by atoms with Crippen LogP contribution in [0.5, 0.6) is 0 Å². The molecule has 0 radical (unpaired) electrons. The molecular formula is C32H36FN7. The number of nitrogens with one attached hydrogen (secondary N) is 3. The van der Waals surface area contributed by atoms with Crippen LogP contribution < -0.4 is 10.6 Å². The average molecular weight is 538 g/mol. The van der Waals surface area contributed by atoms with Gasteiger partial charge in [0.2, 0.25) is 0 Å². The second kappa shape index (κ2) is 13.3. The number of H-pyrrole nitrogens is 1. The second-order valence-corrected chi connectivity index (χ2v) is 9.37. The van der Waals surface area contributed by atoms with Crippen LogP contribution in [0.25, 0.3) is 22.4 Å². The molecule has 0 saturated heterocycles. The van der Waals surface area contributed by atoms with Crippen LogP contribution in [0, 0.1) is 31.5 Å². The van der Waals surface area contributed by atoms with Gasteiger partial charge in [-0.15, -0.1) is 12.8 Å². The van der Waals surface area contributed by atoms with Crippen LogP contribution in [-0.4, -0.2) is 31.6 Å². The first-order chi connectivity index (χ1) is 19.2. The number of rotatable bonds is 10. The molecule has 3 aromatic heterocycles. The maximum atomic E-state index is 16.1. The lowest BCUT2D eigenvalue weighted by atomic mass is 9.97. The zero-order valence-corrected chi connectivity index (χ0v) is 23.7. The molecule has 7 nitrogen and oxygen atoms in total.